The first-order valence-corrected chi connectivity index (χ1v) is 44.5. The van der Waals surface area contributed by atoms with Crippen LogP contribution in [-0.2, 0) is 32.9 Å². The molecule has 0 saturated heterocycles. The van der Waals surface area contributed by atoms with Crippen LogP contribution < -0.4 is 39.2 Å². The zero-order valence-electron chi connectivity index (χ0n) is 78.9. The molecule has 0 bridgehead atoms. The number of nitrogens with zero attached hydrogens (tertiary/aromatic N) is 10. The van der Waals surface area contributed by atoms with Gasteiger partial charge in [0, 0.05) is 206 Å². The molecule has 0 aliphatic carbocycles. The smallest absolute Gasteiger partial charge is 0.0524 e. The summed E-state index contributed by atoms with van der Waals surface area (Å²) in [5.74, 6) is 0. The van der Waals surface area contributed by atoms with Gasteiger partial charge in [-0.1, -0.05) is 276 Å². The zero-order valence-corrected chi connectivity index (χ0v) is 78.9. The fourth-order valence-corrected chi connectivity index (χ4v) is 16.2. The second kappa shape index (κ2) is 55.8. The fraction of sp³-hybridized carbons (Fsp3) is 0.374. The molecule has 2 aromatic heterocycles. The number of rotatable bonds is 14. The minimum absolute atomic E-state index is 0. The van der Waals surface area contributed by atoms with Gasteiger partial charge in [0.05, 0.1) is 5.52 Å². The molecule has 0 spiro atoms. The van der Waals surface area contributed by atoms with Gasteiger partial charge in [0.2, 0.25) is 0 Å². The van der Waals surface area contributed by atoms with Gasteiger partial charge in [0.25, 0.3) is 0 Å². The highest BCUT2D eigenvalue weighted by Crippen LogP contribution is 2.36. The van der Waals surface area contributed by atoms with Gasteiger partial charge in [-0.05, 0) is 231 Å². The van der Waals surface area contributed by atoms with Gasteiger partial charge in [-0.2, -0.15) is 0 Å². The molecule has 3 aliphatic heterocycles. The lowest BCUT2D eigenvalue weighted by Gasteiger charge is -2.20. The minimum atomic E-state index is 0. The molecular formula is C115H164N10. The molecule has 0 unspecified atom stereocenters. The van der Waals surface area contributed by atoms with Crippen molar-refractivity contribution < 1.29 is 0 Å². The van der Waals surface area contributed by atoms with Crippen molar-refractivity contribution in [3.05, 3.63) is 334 Å². The highest BCUT2D eigenvalue weighted by atomic mass is 15.1. The third kappa shape index (κ3) is 29.9. The Kier molecular flexibility index (Phi) is 48.1. The molecule has 674 valence electrons. The van der Waals surface area contributed by atoms with Crippen molar-refractivity contribution in [1.29, 1.82) is 0 Å². The number of aromatic nitrogens is 2. The predicted octanol–water partition coefficient (Wildman–Crippen LogP) is 29.7. The normalized spacial score (nSPS) is 11.0. The summed E-state index contributed by atoms with van der Waals surface area (Å²) < 4.78 is 4.70. The largest absolute Gasteiger partial charge is 0.375 e. The van der Waals surface area contributed by atoms with Crippen LogP contribution in [0.4, 0.5) is 45.5 Å². The van der Waals surface area contributed by atoms with E-state index in [0.717, 1.165) is 45.8 Å². The predicted molar refractivity (Wildman–Crippen MR) is 568 cm³/mol. The van der Waals surface area contributed by atoms with Gasteiger partial charge in [-0.15, -0.1) is 0 Å². The summed E-state index contributed by atoms with van der Waals surface area (Å²) in [6, 6.07) is 96.3. The first-order chi connectivity index (χ1) is 58.4. The van der Waals surface area contributed by atoms with E-state index in [9.17, 15) is 0 Å². The number of aryl methyl sites for hydroxylation is 11. The Morgan fingerprint density at radius 2 is 0.480 bits per heavy atom. The standard InChI is InChI=1S/C14H11N.C13H11N.2C11H17N.2C10H13N.4C10H15N.C2H6.4CH4/c1-2-7-13-11(5-1)12-6-3-4-10-8-9-15(13)14(10)12;1-14-12-8-4-2-6-10(12)11-7-3-5-9-13(11)14;2*1-4-9-12(3)11-8-6-5-7-10(11)2;2*1-8-4-3-5-9-6-7-11(2)10(8)9;4*1-4-11(3)10-8-6-5-7-9(10)2;1-2;;;;/h1-7H,8-9H2;2-9H,1H3;2*5-8H,4,9H2,1-3H3;2*3-5H,6-7H2,1-2H3;4*5-8H,4H2,1-3H3;1-2H3;4*1H4. The van der Waals surface area contributed by atoms with Crippen molar-refractivity contribution in [2.45, 2.75) is 179 Å². The van der Waals surface area contributed by atoms with Gasteiger partial charge in [0.15, 0.2) is 0 Å². The lowest BCUT2D eigenvalue weighted by Crippen LogP contribution is -2.18. The summed E-state index contributed by atoms with van der Waals surface area (Å²) in [7, 11) is 19.2. The molecule has 14 aromatic rings. The van der Waals surface area contributed by atoms with Crippen molar-refractivity contribution in [3.63, 3.8) is 0 Å². The molecule has 5 heterocycles. The van der Waals surface area contributed by atoms with Crippen LogP contribution in [0.3, 0.4) is 0 Å². The maximum atomic E-state index is 2.46. The first kappa shape index (κ1) is 108. The summed E-state index contributed by atoms with van der Waals surface area (Å²) in [4.78, 5) is 18.3. The Bertz CT molecular complexity index is 5020. The molecule has 0 atom stereocenters. The monoisotopic (exact) mass is 1690 g/mol. The molecule has 10 heteroatoms. The summed E-state index contributed by atoms with van der Waals surface area (Å²) in [6.45, 7) is 44.3. The summed E-state index contributed by atoms with van der Waals surface area (Å²) >= 11 is 0. The SMILES string of the molecule is C.C.C.C.CC.CCCN(C)c1ccccc1C.CCCN(C)c1ccccc1C.CCN(C)c1ccccc1C.CCN(C)c1ccccc1C.CCN(C)c1ccccc1C.CCN(C)c1ccccc1C.Cc1cccc2c1N(C)CC2.Cc1cccc2c1N(C)CC2.Cn1c2ccccc2c2ccccc21.c1ccc2c(c1)c1cccc3c1n2CC3. The van der Waals surface area contributed by atoms with Crippen LogP contribution in [0, 0.1) is 55.4 Å². The minimum Gasteiger partial charge on any atom is -0.375 e. The van der Waals surface area contributed by atoms with E-state index in [-0.39, 0.29) is 29.7 Å². The topological polar surface area (TPSA) is 35.8 Å². The van der Waals surface area contributed by atoms with Gasteiger partial charge < -0.3 is 48.3 Å². The van der Waals surface area contributed by atoms with Crippen molar-refractivity contribution in [3.8, 4) is 0 Å². The Morgan fingerprint density at radius 3 is 0.768 bits per heavy atom. The van der Waals surface area contributed by atoms with Crippen molar-refractivity contribution in [2.24, 2.45) is 7.05 Å². The van der Waals surface area contributed by atoms with E-state index < -0.39 is 0 Å². The van der Waals surface area contributed by atoms with Gasteiger partial charge >= 0.3 is 0 Å². The first-order valence-electron chi connectivity index (χ1n) is 44.5. The van der Waals surface area contributed by atoms with Crippen molar-refractivity contribution in [1.82, 2.24) is 9.13 Å². The molecule has 125 heavy (non-hydrogen) atoms. The Labute approximate surface area is 761 Å². The van der Waals surface area contributed by atoms with Crippen molar-refractivity contribution in [2.75, 3.05) is 148 Å². The Morgan fingerprint density at radius 1 is 0.248 bits per heavy atom. The maximum absolute atomic E-state index is 2.46. The number of hydrogen-bond acceptors (Lipinski definition) is 8. The molecule has 10 nitrogen and oxygen atoms in total. The van der Waals surface area contributed by atoms with Crippen LogP contribution in [0.15, 0.2) is 273 Å². The second-order valence-corrected chi connectivity index (χ2v) is 32.0. The number of para-hydroxylation sites is 12. The lowest BCUT2D eigenvalue weighted by molar-refractivity contribution is 0.796. The van der Waals surface area contributed by atoms with Gasteiger partial charge in [0.1, 0.15) is 0 Å². The average molecular weight is 1690 g/mol. The summed E-state index contributed by atoms with van der Waals surface area (Å²) in [5.41, 5.74) is 31.8. The molecule has 0 saturated carbocycles. The van der Waals surface area contributed by atoms with Gasteiger partial charge in [-0.25, -0.2) is 0 Å². The third-order valence-corrected chi connectivity index (χ3v) is 23.3. The van der Waals surface area contributed by atoms with E-state index in [2.05, 4.69) is 482 Å². The molecule has 17 rings (SSSR count). The van der Waals surface area contributed by atoms with E-state index in [1.807, 2.05) is 13.8 Å². The van der Waals surface area contributed by atoms with Crippen LogP contribution in [-0.4, -0.2) is 118 Å². The third-order valence-electron chi connectivity index (χ3n) is 23.3. The number of anilines is 8. The number of likely N-dealkylation sites (N-methyl/N-ethyl adjacent to an activating group) is 2. The quantitative estimate of drug-likeness (QED) is 0.107. The molecule has 3 aliphatic rings. The number of fused-ring (bicyclic) bond motifs is 8. The second-order valence-electron chi connectivity index (χ2n) is 32.0. The molecule has 0 radical (unpaired) electrons. The maximum Gasteiger partial charge on any atom is 0.0524 e. The van der Waals surface area contributed by atoms with Crippen LogP contribution in [0.2, 0.25) is 0 Å². The van der Waals surface area contributed by atoms with Crippen LogP contribution in [0.5, 0.6) is 0 Å². The highest BCUT2D eigenvalue weighted by Gasteiger charge is 2.20. The summed E-state index contributed by atoms with van der Waals surface area (Å²) in [6.07, 6.45) is 6.02. The Balaban J connectivity index is 0.000000357. The van der Waals surface area contributed by atoms with Crippen molar-refractivity contribution >= 4 is 89.1 Å². The molecule has 0 N–H and O–H groups in total. The zero-order chi connectivity index (χ0) is 88.1. The van der Waals surface area contributed by atoms with Crippen LogP contribution >= 0.6 is 0 Å². The Hall–Kier alpha value is -11.4. The van der Waals surface area contributed by atoms with Gasteiger partial charge in [-0.3, -0.25) is 0 Å². The highest BCUT2D eigenvalue weighted by molar-refractivity contribution is 6.10. The number of benzene rings is 12. The van der Waals surface area contributed by atoms with E-state index in [1.165, 1.54) is 196 Å². The lowest BCUT2D eigenvalue weighted by atomic mass is 10.1. The molecule has 0 amide bonds. The van der Waals surface area contributed by atoms with E-state index >= 15 is 0 Å². The fourth-order valence-electron chi connectivity index (χ4n) is 16.2. The molecular weight excluding hydrogens is 1520 g/mol. The average Bonchev–Trinajstić information content (AvgIpc) is 1.58. The number of hydrogen-bond donors (Lipinski definition) is 0. The van der Waals surface area contributed by atoms with E-state index in [1.54, 1.807) is 0 Å². The van der Waals surface area contributed by atoms with E-state index in [0.29, 0.717) is 0 Å². The van der Waals surface area contributed by atoms with E-state index in [4.69, 9.17) is 0 Å². The summed E-state index contributed by atoms with van der Waals surface area (Å²) in [5, 5.41) is 5.49. The van der Waals surface area contributed by atoms with Crippen LogP contribution in [0.1, 0.15) is 159 Å². The van der Waals surface area contributed by atoms with Crippen LogP contribution in [0.25, 0.3) is 43.6 Å². The molecule has 12 aromatic carbocycles. The molecule has 0 fully saturated rings.